The van der Waals surface area contributed by atoms with Gasteiger partial charge < -0.3 is 14.5 Å². The standard InChI is InChI=1S/C18H24N4O2/c1-13-11-14(5-6-17(13)24-4)16-12-15(19-21(16)3)18(23)22-9-7-20(2)8-10-22/h5-6,11-12H,7-10H2,1-4H3. The smallest absolute Gasteiger partial charge is 0.274 e. The molecule has 0 radical (unpaired) electrons. The van der Waals surface area contributed by atoms with Crippen molar-refractivity contribution < 1.29 is 9.53 Å². The normalized spacial score (nSPS) is 15.6. The first-order valence-electron chi connectivity index (χ1n) is 8.16. The third-order valence-electron chi connectivity index (χ3n) is 4.58. The van der Waals surface area contributed by atoms with Gasteiger partial charge in [-0.1, -0.05) is 0 Å². The molecule has 1 aromatic carbocycles. The molecule has 1 saturated heterocycles. The summed E-state index contributed by atoms with van der Waals surface area (Å²) in [6.07, 6.45) is 0. The minimum absolute atomic E-state index is 0.00943. The molecule has 0 saturated carbocycles. The molecule has 3 rings (SSSR count). The largest absolute Gasteiger partial charge is 0.496 e. The topological polar surface area (TPSA) is 50.6 Å². The molecule has 0 spiro atoms. The molecule has 1 fully saturated rings. The highest BCUT2D eigenvalue weighted by molar-refractivity contribution is 5.93. The van der Waals surface area contributed by atoms with Gasteiger partial charge >= 0.3 is 0 Å². The summed E-state index contributed by atoms with van der Waals surface area (Å²) in [5, 5.41) is 4.43. The van der Waals surface area contributed by atoms with Crippen LogP contribution in [0.1, 0.15) is 16.1 Å². The first-order chi connectivity index (χ1) is 11.5. The fourth-order valence-corrected chi connectivity index (χ4v) is 3.05. The molecule has 1 amide bonds. The predicted octanol–water partition coefficient (Wildman–Crippen LogP) is 1.79. The number of carbonyl (C=O) groups excluding carboxylic acids is 1. The molecule has 6 nitrogen and oxygen atoms in total. The molecule has 0 aliphatic carbocycles. The Morgan fingerprint density at radius 1 is 1.12 bits per heavy atom. The molecule has 128 valence electrons. The van der Waals surface area contributed by atoms with Crippen molar-refractivity contribution in [2.75, 3.05) is 40.3 Å². The molecule has 1 aromatic heterocycles. The van der Waals surface area contributed by atoms with Crippen molar-refractivity contribution in [2.24, 2.45) is 7.05 Å². The molecule has 2 heterocycles. The van der Waals surface area contributed by atoms with Crippen LogP contribution in [0.5, 0.6) is 5.75 Å². The average molecular weight is 328 g/mol. The van der Waals surface area contributed by atoms with Crippen LogP contribution in [0.25, 0.3) is 11.3 Å². The highest BCUT2D eigenvalue weighted by Gasteiger charge is 2.23. The van der Waals surface area contributed by atoms with Crippen molar-refractivity contribution >= 4 is 5.91 Å². The van der Waals surface area contributed by atoms with Crippen molar-refractivity contribution in [1.82, 2.24) is 19.6 Å². The molecule has 1 aliphatic heterocycles. The van der Waals surface area contributed by atoms with Crippen LogP contribution in [0.3, 0.4) is 0 Å². The van der Waals surface area contributed by atoms with E-state index in [4.69, 9.17) is 4.74 Å². The molecule has 0 unspecified atom stereocenters. The first-order valence-corrected chi connectivity index (χ1v) is 8.16. The Labute approximate surface area is 142 Å². The number of aryl methyl sites for hydroxylation is 2. The van der Waals surface area contributed by atoms with Crippen LogP contribution >= 0.6 is 0 Å². The Kier molecular flexibility index (Phi) is 4.57. The second-order valence-corrected chi connectivity index (χ2v) is 6.32. The molecular formula is C18H24N4O2. The third kappa shape index (κ3) is 3.14. The number of ether oxygens (including phenoxy) is 1. The number of hydrogen-bond acceptors (Lipinski definition) is 4. The fraction of sp³-hybridized carbons (Fsp3) is 0.444. The van der Waals surface area contributed by atoms with E-state index >= 15 is 0 Å². The molecule has 0 N–H and O–H groups in total. The van der Waals surface area contributed by atoms with Gasteiger partial charge in [0.05, 0.1) is 12.8 Å². The molecule has 2 aromatic rings. The average Bonchev–Trinajstić information content (AvgIpc) is 2.96. The maximum atomic E-state index is 12.7. The van der Waals surface area contributed by atoms with E-state index in [2.05, 4.69) is 23.1 Å². The molecule has 0 atom stereocenters. The third-order valence-corrected chi connectivity index (χ3v) is 4.58. The summed E-state index contributed by atoms with van der Waals surface area (Å²) >= 11 is 0. The van der Waals surface area contributed by atoms with Crippen molar-refractivity contribution in [3.63, 3.8) is 0 Å². The van der Waals surface area contributed by atoms with Crippen molar-refractivity contribution in [3.05, 3.63) is 35.5 Å². The number of amides is 1. The van der Waals surface area contributed by atoms with Gasteiger partial charge in [0.25, 0.3) is 5.91 Å². The van der Waals surface area contributed by atoms with Gasteiger partial charge in [0.1, 0.15) is 5.75 Å². The number of methoxy groups -OCH3 is 1. The van der Waals surface area contributed by atoms with Gasteiger partial charge in [0.2, 0.25) is 0 Å². The summed E-state index contributed by atoms with van der Waals surface area (Å²) in [5.41, 5.74) is 3.52. The Morgan fingerprint density at radius 3 is 2.46 bits per heavy atom. The monoisotopic (exact) mass is 328 g/mol. The highest BCUT2D eigenvalue weighted by atomic mass is 16.5. The lowest BCUT2D eigenvalue weighted by Gasteiger charge is -2.31. The van der Waals surface area contributed by atoms with Crippen LogP contribution in [0.4, 0.5) is 0 Å². The number of likely N-dealkylation sites (N-methyl/N-ethyl adjacent to an activating group) is 1. The maximum Gasteiger partial charge on any atom is 0.274 e. The van der Waals surface area contributed by atoms with Gasteiger partial charge in [-0.25, -0.2) is 0 Å². The van der Waals surface area contributed by atoms with Gasteiger partial charge in [-0.15, -0.1) is 0 Å². The van der Waals surface area contributed by atoms with E-state index in [-0.39, 0.29) is 5.91 Å². The Bertz CT molecular complexity index is 745. The lowest BCUT2D eigenvalue weighted by molar-refractivity contribution is 0.0657. The number of hydrogen-bond donors (Lipinski definition) is 0. The van der Waals surface area contributed by atoms with Crippen molar-refractivity contribution in [1.29, 1.82) is 0 Å². The van der Waals surface area contributed by atoms with Gasteiger partial charge in [-0.2, -0.15) is 5.10 Å². The van der Waals surface area contributed by atoms with E-state index in [1.54, 1.807) is 11.8 Å². The van der Waals surface area contributed by atoms with E-state index in [1.807, 2.05) is 37.1 Å². The zero-order valence-electron chi connectivity index (χ0n) is 14.7. The quantitative estimate of drug-likeness (QED) is 0.862. The Morgan fingerprint density at radius 2 is 1.83 bits per heavy atom. The second-order valence-electron chi connectivity index (χ2n) is 6.32. The summed E-state index contributed by atoms with van der Waals surface area (Å²) in [7, 11) is 5.61. The summed E-state index contributed by atoms with van der Waals surface area (Å²) in [4.78, 5) is 16.8. The highest BCUT2D eigenvalue weighted by Crippen LogP contribution is 2.26. The Hall–Kier alpha value is -2.34. The Balaban J connectivity index is 1.85. The van der Waals surface area contributed by atoms with Crippen LogP contribution in [0.15, 0.2) is 24.3 Å². The second kappa shape index (κ2) is 6.65. The van der Waals surface area contributed by atoms with E-state index < -0.39 is 0 Å². The van der Waals surface area contributed by atoms with Crippen LogP contribution in [0.2, 0.25) is 0 Å². The number of nitrogens with zero attached hydrogens (tertiary/aromatic N) is 4. The van der Waals surface area contributed by atoms with Crippen LogP contribution in [0, 0.1) is 6.92 Å². The lowest BCUT2D eigenvalue weighted by Crippen LogP contribution is -2.47. The maximum absolute atomic E-state index is 12.7. The number of piperazine rings is 1. The minimum Gasteiger partial charge on any atom is -0.496 e. The number of rotatable bonds is 3. The summed E-state index contributed by atoms with van der Waals surface area (Å²) in [6.45, 7) is 5.33. The molecule has 0 bridgehead atoms. The van der Waals surface area contributed by atoms with E-state index in [0.717, 1.165) is 48.7 Å². The SMILES string of the molecule is COc1ccc(-c2cc(C(=O)N3CCN(C)CC3)nn2C)cc1C. The van der Waals surface area contributed by atoms with Crippen LogP contribution in [-0.4, -0.2) is 65.8 Å². The van der Waals surface area contributed by atoms with Crippen molar-refractivity contribution in [2.45, 2.75) is 6.92 Å². The van der Waals surface area contributed by atoms with Gasteiger partial charge in [0.15, 0.2) is 5.69 Å². The summed E-state index contributed by atoms with van der Waals surface area (Å²) < 4.78 is 7.08. The summed E-state index contributed by atoms with van der Waals surface area (Å²) in [5.74, 6) is 0.866. The van der Waals surface area contributed by atoms with E-state index in [9.17, 15) is 4.79 Å². The predicted molar refractivity (Wildman–Crippen MR) is 93.3 cm³/mol. The molecular weight excluding hydrogens is 304 g/mol. The van der Waals surface area contributed by atoms with Crippen LogP contribution < -0.4 is 4.74 Å². The van der Waals surface area contributed by atoms with E-state index in [1.165, 1.54) is 0 Å². The van der Waals surface area contributed by atoms with Gasteiger partial charge in [0, 0.05) is 38.8 Å². The van der Waals surface area contributed by atoms with Crippen LogP contribution in [-0.2, 0) is 7.05 Å². The van der Waals surface area contributed by atoms with E-state index in [0.29, 0.717) is 5.69 Å². The fourth-order valence-electron chi connectivity index (χ4n) is 3.05. The molecule has 6 heteroatoms. The van der Waals surface area contributed by atoms with Crippen molar-refractivity contribution in [3.8, 4) is 17.0 Å². The summed E-state index contributed by atoms with van der Waals surface area (Å²) in [6, 6.07) is 7.87. The number of benzene rings is 1. The molecule has 1 aliphatic rings. The zero-order valence-corrected chi connectivity index (χ0v) is 14.7. The zero-order chi connectivity index (χ0) is 17.3. The number of carbonyl (C=O) groups is 1. The van der Waals surface area contributed by atoms with Gasteiger partial charge in [-0.3, -0.25) is 9.48 Å². The minimum atomic E-state index is 0.00943. The lowest BCUT2D eigenvalue weighted by atomic mass is 10.1. The first kappa shape index (κ1) is 16.5. The number of aromatic nitrogens is 2. The molecule has 24 heavy (non-hydrogen) atoms. The van der Waals surface area contributed by atoms with Gasteiger partial charge in [-0.05, 0) is 43.8 Å².